The van der Waals surface area contributed by atoms with E-state index in [2.05, 4.69) is 6.58 Å². The maximum absolute atomic E-state index is 11.8. The molecular weight excluding hydrogens is 212 g/mol. The lowest BCUT2D eigenvalue weighted by Crippen LogP contribution is -2.46. The summed E-state index contributed by atoms with van der Waals surface area (Å²) in [5.41, 5.74) is 0. The minimum absolute atomic E-state index is 0.0667. The Morgan fingerprint density at radius 1 is 1.62 bits per heavy atom. The van der Waals surface area contributed by atoms with Crippen molar-refractivity contribution in [3.05, 3.63) is 12.7 Å². The quantitative estimate of drug-likeness (QED) is 0.652. The van der Waals surface area contributed by atoms with Crippen molar-refractivity contribution in [2.45, 2.75) is 18.6 Å². The van der Waals surface area contributed by atoms with Crippen LogP contribution in [0.25, 0.3) is 0 Å². The molecule has 2 unspecified atom stereocenters. The molecule has 0 aromatic carbocycles. The first-order valence-electron chi connectivity index (χ1n) is 5.01. The number of β-amino-alcohol motifs (C(OH)–C–C–N with tert-alkyl or cyclic N) is 1. The summed E-state index contributed by atoms with van der Waals surface area (Å²) in [4.78, 5) is 25.3. The molecule has 1 aliphatic rings. The number of amides is 2. The highest BCUT2D eigenvalue weighted by Gasteiger charge is 2.39. The molecule has 0 saturated carbocycles. The highest BCUT2D eigenvalue weighted by atomic mass is 16.4. The lowest BCUT2D eigenvalue weighted by molar-refractivity contribution is -0.141. The standard InChI is InChI=1S/C10H16N2O4/c1-3-4-11(2)10(16)12-6-7(13)5-8(12)9(14)15/h3,7-8,13H,1,4-6H2,2H3,(H,14,15). The van der Waals surface area contributed by atoms with E-state index in [0.29, 0.717) is 6.54 Å². The van der Waals surface area contributed by atoms with Crippen molar-refractivity contribution in [3.8, 4) is 0 Å². The summed E-state index contributed by atoms with van der Waals surface area (Å²) in [6.45, 7) is 3.91. The molecular formula is C10H16N2O4. The van der Waals surface area contributed by atoms with E-state index in [1.54, 1.807) is 13.1 Å². The topological polar surface area (TPSA) is 81.1 Å². The Kier molecular flexibility index (Phi) is 3.89. The Bertz CT molecular complexity index is 305. The number of hydrogen-bond donors (Lipinski definition) is 2. The number of aliphatic carboxylic acids is 1. The highest BCUT2D eigenvalue weighted by Crippen LogP contribution is 2.19. The molecule has 1 aliphatic heterocycles. The Morgan fingerprint density at radius 2 is 2.25 bits per heavy atom. The molecule has 2 amide bonds. The van der Waals surface area contributed by atoms with Gasteiger partial charge >= 0.3 is 12.0 Å². The molecule has 1 rings (SSSR count). The summed E-state index contributed by atoms with van der Waals surface area (Å²) in [5.74, 6) is -1.09. The van der Waals surface area contributed by atoms with Crippen LogP contribution in [0.2, 0.25) is 0 Å². The average Bonchev–Trinajstić information content (AvgIpc) is 2.59. The third-order valence-electron chi connectivity index (χ3n) is 2.54. The van der Waals surface area contributed by atoms with Gasteiger partial charge in [-0.2, -0.15) is 0 Å². The van der Waals surface area contributed by atoms with E-state index in [-0.39, 0.29) is 13.0 Å². The number of urea groups is 1. The number of nitrogens with zero attached hydrogens (tertiary/aromatic N) is 2. The van der Waals surface area contributed by atoms with Gasteiger partial charge in [-0.15, -0.1) is 6.58 Å². The molecule has 0 spiro atoms. The van der Waals surface area contributed by atoms with Crippen LogP contribution < -0.4 is 0 Å². The van der Waals surface area contributed by atoms with Gasteiger partial charge in [0.05, 0.1) is 6.10 Å². The fourth-order valence-corrected chi connectivity index (χ4v) is 1.75. The second-order valence-corrected chi connectivity index (χ2v) is 3.85. The molecule has 0 aromatic heterocycles. The Balaban J connectivity index is 2.73. The zero-order valence-electron chi connectivity index (χ0n) is 9.17. The summed E-state index contributed by atoms with van der Waals surface area (Å²) < 4.78 is 0. The van der Waals surface area contributed by atoms with Gasteiger partial charge < -0.3 is 20.0 Å². The van der Waals surface area contributed by atoms with Crippen LogP contribution in [0.5, 0.6) is 0 Å². The van der Waals surface area contributed by atoms with E-state index >= 15 is 0 Å². The highest BCUT2D eigenvalue weighted by molar-refractivity contribution is 5.83. The zero-order chi connectivity index (χ0) is 12.3. The maximum Gasteiger partial charge on any atom is 0.326 e. The molecule has 1 heterocycles. The molecule has 6 nitrogen and oxygen atoms in total. The Labute approximate surface area is 93.8 Å². The van der Waals surface area contributed by atoms with Crippen molar-refractivity contribution in [2.75, 3.05) is 20.1 Å². The molecule has 1 fully saturated rings. The van der Waals surface area contributed by atoms with E-state index in [9.17, 15) is 14.7 Å². The first-order valence-corrected chi connectivity index (χ1v) is 5.01. The third kappa shape index (κ3) is 2.52. The van der Waals surface area contributed by atoms with E-state index in [1.165, 1.54) is 9.80 Å². The van der Waals surface area contributed by atoms with Crippen LogP contribution >= 0.6 is 0 Å². The number of aliphatic hydroxyl groups is 1. The Morgan fingerprint density at radius 3 is 2.75 bits per heavy atom. The van der Waals surface area contributed by atoms with Gasteiger partial charge in [-0.1, -0.05) is 6.08 Å². The van der Waals surface area contributed by atoms with Crippen LogP contribution in [-0.2, 0) is 4.79 Å². The predicted molar refractivity (Wildman–Crippen MR) is 57.0 cm³/mol. The number of carboxylic acid groups (broad SMARTS) is 1. The van der Waals surface area contributed by atoms with Crippen molar-refractivity contribution in [3.63, 3.8) is 0 Å². The number of carboxylic acids is 1. The minimum atomic E-state index is -1.09. The van der Waals surface area contributed by atoms with Gasteiger partial charge in [0, 0.05) is 26.6 Å². The number of likely N-dealkylation sites (N-methyl/N-ethyl adjacent to an activating group) is 1. The molecule has 6 heteroatoms. The normalized spacial score (nSPS) is 24.2. The van der Waals surface area contributed by atoms with E-state index < -0.39 is 24.1 Å². The number of carbonyl (C=O) groups excluding carboxylic acids is 1. The summed E-state index contributed by atoms with van der Waals surface area (Å²) >= 11 is 0. The van der Waals surface area contributed by atoms with Crippen LogP contribution in [0.15, 0.2) is 12.7 Å². The lowest BCUT2D eigenvalue weighted by Gasteiger charge is -2.26. The number of likely N-dealkylation sites (tertiary alicyclic amines) is 1. The van der Waals surface area contributed by atoms with E-state index in [4.69, 9.17) is 5.11 Å². The fourth-order valence-electron chi connectivity index (χ4n) is 1.75. The lowest BCUT2D eigenvalue weighted by atomic mass is 10.2. The summed E-state index contributed by atoms with van der Waals surface area (Å²) in [6.07, 6.45) is 0.880. The summed E-state index contributed by atoms with van der Waals surface area (Å²) in [6, 6.07) is -1.33. The van der Waals surface area contributed by atoms with Crippen molar-refractivity contribution in [1.29, 1.82) is 0 Å². The van der Waals surface area contributed by atoms with Crippen LogP contribution in [0.4, 0.5) is 4.79 Å². The van der Waals surface area contributed by atoms with Gasteiger partial charge in [-0.3, -0.25) is 0 Å². The van der Waals surface area contributed by atoms with E-state index in [0.717, 1.165) is 0 Å². The molecule has 90 valence electrons. The van der Waals surface area contributed by atoms with Crippen LogP contribution in [0.3, 0.4) is 0 Å². The number of aliphatic hydroxyl groups excluding tert-OH is 1. The minimum Gasteiger partial charge on any atom is -0.480 e. The third-order valence-corrected chi connectivity index (χ3v) is 2.54. The van der Waals surface area contributed by atoms with Crippen molar-refractivity contribution >= 4 is 12.0 Å². The fraction of sp³-hybridized carbons (Fsp3) is 0.600. The largest absolute Gasteiger partial charge is 0.480 e. The van der Waals surface area contributed by atoms with Gasteiger partial charge in [-0.25, -0.2) is 9.59 Å². The van der Waals surface area contributed by atoms with Crippen molar-refractivity contribution in [1.82, 2.24) is 9.80 Å². The molecule has 0 bridgehead atoms. The Hall–Kier alpha value is -1.56. The molecule has 2 atom stereocenters. The smallest absolute Gasteiger partial charge is 0.326 e. The SMILES string of the molecule is C=CCN(C)C(=O)N1CC(O)CC1C(=O)O. The molecule has 0 radical (unpaired) electrons. The second-order valence-electron chi connectivity index (χ2n) is 3.85. The predicted octanol–water partition coefficient (Wildman–Crippen LogP) is -0.256. The van der Waals surface area contributed by atoms with Gasteiger partial charge in [0.2, 0.25) is 0 Å². The monoisotopic (exact) mass is 228 g/mol. The molecule has 2 N–H and O–H groups in total. The van der Waals surface area contributed by atoms with Gasteiger partial charge in [0.1, 0.15) is 6.04 Å². The van der Waals surface area contributed by atoms with Crippen LogP contribution in [-0.4, -0.2) is 64.3 Å². The van der Waals surface area contributed by atoms with Gasteiger partial charge in [0.25, 0.3) is 0 Å². The van der Waals surface area contributed by atoms with Crippen molar-refractivity contribution in [2.24, 2.45) is 0 Å². The average molecular weight is 228 g/mol. The maximum atomic E-state index is 11.8. The number of carbonyl (C=O) groups is 2. The molecule has 16 heavy (non-hydrogen) atoms. The van der Waals surface area contributed by atoms with Crippen LogP contribution in [0.1, 0.15) is 6.42 Å². The number of hydrogen-bond acceptors (Lipinski definition) is 3. The second kappa shape index (κ2) is 4.98. The molecule has 0 aromatic rings. The molecule has 1 saturated heterocycles. The first kappa shape index (κ1) is 12.5. The van der Waals surface area contributed by atoms with E-state index in [1.807, 2.05) is 0 Å². The number of rotatable bonds is 3. The summed E-state index contributed by atoms with van der Waals surface area (Å²) in [5, 5.41) is 18.3. The van der Waals surface area contributed by atoms with Gasteiger partial charge in [0.15, 0.2) is 0 Å². The first-order chi connectivity index (χ1) is 7.47. The van der Waals surface area contributed by atoms with Crippen LogP contribution in [0, 0.1) is 0 Å². The molecule has 0 aliphatic carbocycles. The van der Waals surface area contributed by atoms with Gasteiger partial charge in [-0.05, 0) is 0 Å². The zero-order valence-corrected chi connectivity index (χ0v) is 9.17. The van der Waals surface area contributed by atoms with Crippen molar-refractivity contribution < 1.29 is 19.8 Å². The summed E-state index contributed by atoms with van der Waals surface area (Å²) in [7, 11) is 1.56.